The Balaban J connectivity index is 2.58. The minimum Gasteiger partial charge on any atom is -0.508 e. The molecule has 0 atom stereocenters. The summed E-state index contributed by atoms with van der Waals surface area (Å²) in [6, 6.07) is 12.9. The predicted octanol–water partition coefficient (Wildman–Crippen LogP) is 3.47. The monoisotopic (exact) mass is 252 g/mol. The zero-order valence-corrected chi connectivity index (χ0v) is 10.9. The number of nitrogen functional groups attached to an aromatic ring is 1. The van der Waals surface area contributed by atoms with Gasteiger partial charge in [0.05, 0.1) is 11.3 Å². The molecule has 0 amide bonds. The predicted molar refractivity (Wildman–Crippen MR) is 76.7 cm³/mol. The highest BCUT2D eigenvalue weighted by atomic mass is 16.3. The van der Waals surface area contributed by atoms with E-state index >= 15 is 0 Å². The van der Waals surface area contributed by atoms with E-state index in [0.29, 0.717) is 11.3 Å². The summed E-state index contributed by atoms with van der Waals surface area (Å²) in [5.74, 6) is 0.215. The van der Waals surface area contributed by atoms with Crippen molar-refractivity contribution in [3.8, 4) is 22.9 Å². The Morgan fingerprint density at radius 3 is 2.47 bits per heavy atom. The van der Waals surface area contributed by atoms with Crippen molar-refractivity contribution in [2.75, 3.05) is 5.73 Å². The Bertz CT molecular complexity index is 624. The molecule has 0 aliphatic heterocycles. The number of aryl methyl sites for hydroxylation is 1. The second-order valence-electron chi connectivity index (χ2n) is 4.51. The lowest BCUT2D eigenvalue weighted by Crippen LogP contribution is -1.97. The molecule has 0 spiro atoms. The first-order valence-corrected chi connectivity index (χ1v) is 6.27. The quantitative estimate of drug-likeness (QED) is 0.822. The number of aromatic hydroxyl groups is 1. The number of hydrogen-bond acceptors (Lipinski definition) is 3. The summed E-state index contributed by atoms with van der Waals surface area (Å²) in [4.78, 5) is 0. The van der Waals surface area contributed by atoms with Gasteiger partial charge in [-0.3, -0.25) is 0 Å². The van der Waals surface area contributed by atoms with Crippen molar-refractivity contribution < 1.29 is 5.11 Å². The molecule has 0 radical (unpaired) electrons. The summed E-state index contributed by atoms with van der Waals surface area (Å²) in [6.07, 6.45) is 1.93. The van der Waals surface area contributed by atoms with Crippen molar-refractivity contribution in [2.45, 2.75) is 19.8 Å². The van der Waals surface area contributed by atoms with Gasteiger partial charge in [-0.05, 0) is 41.8 Å². The maximum Gasteiger partial charge on any atom is 0.115 e. The fourth-order valence-corrected chi connectivity index (χ4v) is 2.12. The lowest BCUT2D eigenvalue weighted by molar-refractivity contribution is 0.475. The molecule has 3 N–H and O–H groups in total. The van der Waals surface area contributed by atoms with Gasteiger partial charge in [-0.2, -0.15) is 5.26 Å². The molecule has 0 heterocycles. The van der Waals surface area contributed by atoms with E-state index in [1.54, 1.807) is 24.3 Å². The average Bonchev–Trinajstić information content (AvgIpc) is 2.42. The normalized spacial score (nSPS) is 10.1. The Labute approximate surface area is 112 Å². The van der Waals surface area contributed by atoms with E-state index in [1.165, 1.54) is 0 Å². The molecule has 19 heavy (non-hydrogen) atoms. The van der Waals surface area contributed by atoms with Crippen LogP contribution in [0.15, 0.2) is 36.4 Å². The average molecular weight is 252 g/mol. The first-order valence-electron chi connectivity index (χ1n) is 6.27. The maximum absolute atomic E-state index is 9.33. The highest BCUT2D eigenvalue weighted by molar-refractivity contribution is 5.81. The standard InChI is InChI=1S/C16H16N2O/c1-2-3-11-8-13(10-17)16(18)15(9-11)12-4-6-14(19)7-5-12/h4-9,19H,2-3,18H2,1H3. The van der Waals surface area contributed by atoms with Crippen molar-refractivity contribution in [1.82, 2.24) is 0 Å². The summed E-state index contributed by atoms with van der Waals surface area (Å²) in [6.45, 7) is 2.10. The van der Waals surface area contributed by atoms with Crippen LogP contribution >= 0.6 is 0 Å². The Morgan fingerprint density at radius 2 is 1.89 bits per heavy atom. The molecular formula is C16H16N2O. The molecule has 3 nitrogen and oxygen atoms in total. The number of nitriles is 1. The second kappa shape index (κ2) is 5.45. The van der Waals surface area contributed by atoms with Crippen LogP contribution in [0.2, 0.25) is 0 Å². The van der Waals surface area contributed by atoms with E-state index in [9.17, 15) is 5.11 Å². The third kappa shape index (κ3) is 2.69. The highest BCUT2D eigenvalue weighted by Crippen LogP contribution is 2.31. The van der Waals surface area contributed by atoms with Crippen LogP contribution < -0.4 is 5.73 Å². The number of nitrogens with zero attached hydrogens (tertiary/aromatic N) is 1. The third-order valence-electron chi connectivity index (χ3n) is 3.08. The van der Waals surface area contributed by atoms with Gasteiger partial charge < -0.3 is 10.8 Å². The number of nitrogens with two attached hydrogens (primary N) is 1. The van der Waals surface area contributed by atoms with Crippen LogP contribution in [0.3, 0.4) is 0 Å². The highest BCUT2D eigenvalue weighted by Gasteiger charge is 2.09. The molecule has 2 aromatic rings. The smallest absolute Gasteiger partial charge is 0.115 e. The van der Waals surface area contributed by atoms with Crippen molar-refractivity contribution in [2.24, 2.45) is 0 Å². The molecular weight excluding hydrogens is 236 g/mol. The van der Waals surface area contributed by atoms with E-state index < -0.39 is 0 Å². The van der Waals surface area contributed by atoms with E-state index in [0.717, 1.165) is 29.5 Å². The number of anilines is 1. The molecule has 0 saturated carbocycles. The minimum atomic E-state index is 0.215. The number of hydrogen-bond donors (Lipinski definition) is 2. The van der Waals surface area contributed by atoms with Crippen LogP contribution in [0, 0.1) is 11.3 Å². The first-order chi connectivity index (χ1) is 9.15. The van der Waals surface area contributed by atoms with Gasteiger partial charge in [0.2, 0.25) is 0 Å². The lowest BCUT2D eigenvalue weighted by Gasteiger charge is -2.11. The van der Waals surface area contributed by atoms with Crippen LogP contribution in [0.4, 0.5) is 5.69 Å². The van der Waals surface area contributed by atoms with E-state index in [1.807, 2.05) is 12.1 Å². The second-order valence-corrected chi connectivity index (χ2v) is 4.51. The lowest BCUT2D eigenvalue weighted by atomic mass is 9.96. The molecule has 0 saturated heterocycles. The zero-order chi connectivity index (χ0) is 13.8. The summed E-state index contributed by atoms with van der Waals surface area (Å²) in [5, 5.41) is 18.5. The fourth-order valence-electron chi connectivity index (χ4n) is 2.12. The molecule has 3 heteroatoms. The topological polar surface area (TPSA) is 70.0 Å². The molecule has 0 bridgehead atoms. The summed E-state index contributed by atoms with van der Waals surface area (Å²) in [7, 11) is 0. The minimum absolute atomic E-state index is 0.215. The zero-order valence-electron chi connectivity index (χ0n) is 10.9. The number of phenolic OH excluding ortho intramolecular Hbond substituents is 1. The van der Waals surface area contributed by atoms with Gasteiger partial charge in [-0.1, -0.05) is 25.5 Å². The Morgan fingerprint density at radius 1 is 1.21 bits per heavy atom. The van der Waals surface area contributed by atoms with Crippen LogP contribution in [0.5, 0.6) is 5.75 Å². The van der Waals surface area contributed by atoms with Crippen molar-refractivity contribution in [3.05, 3.63) is 47.5 Å². The van der Waals surface area contributed by atoms with Gasteiger partial charge in [-0.25, -0.2) is 0 Å². The summed E-state index contributed by atoms with van der Waals surface area (Å²) >= 11 is 0. The molecule has 2 aromatic carbocycles. The van der Waals surface area contributed by atoms with Crippen LogP contribution in [-0.2, 0) is 6.42 Å². The molecule has 0 fully saturated rings. The Kier molecular flexibility index (Phi) is 3.72. The van der Waals surface area contributed by atoms with Gasteiger partial charge in [-0.15, -0.1) is 0 Å². The first kappa shape index (κ1) is 13.0. The van der Waals surface area contributed by atoms with Crippen molar-refractivity contribution >= 4 is 5.69 Å². The summed E-state index contributed by atoms with van der Waals surface area (Å²) in [5.41, 5.74) is 9.91. The van der Waals surface area contributed by atoms with Gasteiger partial charge in [0, 0.05) is 5.56 Å². The van der Waals surface area contributed by atoms with Gasteiger partial charge >= 0.3 is 0 Å². The number of rotatable bonds is 3. The molecule has 0 aliphatic carbocycles. The van der Waals surface area contributed by atoms with Crippen molar-refractivity contribution in [1.29, 1.82) is 5.26 Å². The molecule has 0 aromatic heterocycles. The molecule has 96 valence electrons. The molecule has 0 unspecified atom stereocenters. The number of benzene rings is 2. The number of phenols is 1. The SMILES string of the molecule is CCCc1cc(C#N)c(N)c(-c2ccc(O)cc2)c1. The van der Waals surface area contributed by atoms with Crippen molar-refractivity contribution in [3.63, 3.8) is 0 Å². The van der Waals surface area contributed by atoms with Gasteiger partial charge in [0.25, 0.3) is 0 Å². The van der Waals surface area contributed by atoms with Crippen LogP contribution in [-0.4, -0.2) is 5.11 Å². The largest absolute Gasteiger partial charge is 0.508 e. The summed E-state index contributed by atoms with van der Waals surface area (Å²) < 4.78 is 0. The van der Waals surface area contributed by atoms with Crippen LogP contribution in [0.25, 0.3) is 11.1 Å². The molecule has 2 rings (SSSR count). The fraction of sp³-hybridized carbons (Fsp3) is 0.188. The van der Waals surface area contributed by atoms with Gasteiger partial charge in [0.1, 0.15) is 11.8 Å². The van der Waals surface area contributed by atoms with Gasteiger partial charge in [0.15, 0.2) is 0 Å². The van der Waals surface area contributed by atoms with E-state index in [4.69, 9.17) is 11.0 Å². The van der Waals surface area contributed by atoms with E-state index in [2.05, 4.69) is 13.0 Å². The Hall–Kier alpha value is -2.47. The molecule has 0 aliphatic rings. The third-order valence-corrected chi connectivity index (χ3v) is 3.08. The maximum atomic E-state index is 9.33. The van der Waals surface area contributed by atoms with Crippen LogP contribution in [0.1, 0.15) is 24.5 Å². The van der Waals surface area contributed by atoms with E-state index in [-0.39, 0.29) is 5.75 Å².